The Morgan fingerprint density at radius 3 is 2.06 bits per heavy atom. The van der Waals surface area contributed by atoms with Gasteiger partial charge in [0.05, 0.1) is 0 Å². The third kappa shape index (κ3) is 3.46. The molecule has 0 spiro atoms. The molecule has 0 fully saturated rings. The first-order valence-electron chi connectivity index (χ1n) is 4.83. The van der Waals surface area contributed by atoms with E-state index >= 15 is 0 Å². The summed E-state index contributed by atoms with van der Waals surface area (Å²) >= 11 is 3.07. The van der Waals surface area contributed by atoms with Crippen molar-refractivity contribution in [2.45, 2.75) is 24.3 Å². The van der Waals surface area contributed by atoms with Crippen molar-refractivity contribution in [1.29, 1.82) is 0 Å². The van der Waals surface area contributed by atoms with Crippen LogP contribution in [0.3, 0.4) is 0 Å². The minimum absolute atomic E-state index is 0.240. The van der Waals surface area contributed by atoms with Crippen molar-refractivity contribution in [2.75, 3.05) is 5.33 Å². The topological polar surface area (TPSA) is 46.2 Å². The number of sulfonamides is 1. The Labute approximate surface area is 112 Å². The van der Waals surface area contributed by atoms with Gasteiger partial charge < -0.3 is 0 Å². The number of nitrogens with one attached hydrogen (secondary N) is 1. The molecule has 0 saturated carbocycles. The van der Waals surface area contributed by atoms with Crippen molar-refractivity contribution in [2.24, 2.45) is 0 Å². The lowest BCUT2D eigenvalue weighted by Crippen LogP contribution is -2.45. The molecule has 0 aliphatic carbocycles. The van der Waals surface area contributed by atoms with Gasteiger partial charge in [-0.1, -0.05) is 15.9 Å². The summed E-state index contributed by atoms with van der Waals surface area (Å²) in [5.41, 5.74) is -0.938. The highest BCUT2D eigenvalue weighted by Crippen LogP contribution is 2.22. The molecule has 0 saturated heterocycles. The Kier molecular flexibility index (Phi) is 4.45. The van der Waals surface area contributed by atoms with E-state index in [0.717, 1.165) is 0 Å². The molecule has 102 valence electrons. The van der Waals surface area contributed by atoms with Crippen LogP contribution < -0.4 is 4.72 Å². The average molecular weight is 346 g/mol. The fourth-order valence-corrected chi connectivity index (χ4v) is 3.09. The maximum absolute atomic E-state index is 13.4. The molecule has 0 aromatic heterocycles. The fraction of sp³-hybridized carbons (Fsp3) is 0.400. The molecule has 1 aromatic rings. The summed E-state index contributed by atoms with van der Waals surface area (Å²) in [6.07, 6.45) is 0. The predicted octanol–water partition coefficient (Wildman–Crippen LogP) is 2.56. The van der Waals surface area contributed by atoms with Gasteiger partial charge in [-0.25, -0.2) is 26.3 Å². The lowest BCUT2D eigenvalue weighted by molar-refractivity contribution is 0.472. The minimum Gasteiger partial charge on any atom is -0.207 e. The smallest absolute Gasteiger partial charge is 0.207 e. The van der Waals surface area contributed by atoms with E-state index in [1.54, 1.807) is 0 Å². The molecule has 0 atom stereocenters. The molecular formula is C10H11BrF3NO2S. The molecule has 0 radical (unpaired) electrons. The molecule has 0 unspecified atom stereocenters. The molecule has 1 rings (SSSR count). The van der Waals surface area contributed by atoms with Crippen molar-refractivity contribution in [1.82, 2.24) is 4.72 Å². The van der Waals surface area contributed by atoms with Gasteiger partial charge in [0.1, 0.15) is 17.5 Å². The van der Waals surface area contributed by atoms with Crippen LogP contribution in [0.1, 0.15) is 13.8 Å². The molecule has 18 heavy (non-hydrogen) atoms. The van der Waals surface area contributed by atoms with Crippen molar-refractivity contribution < 1.29 is 21.6 Å². The second-order valence-corrected chi connectivity index (χ2v) is 6.50. The average Bonchev–Trinajstić information content (AvgIpc) is 2.13. The number of hydrogen-bond acceptors (Lipinski definition) is 2. The SMILES string of the molecule is CC(C)(CBr)NS(=O)(=O)c1c(F)cc(F)cc1F. The minimum atomic E-state index is -4.40. The number of alkyl halides is 1. The highest BCUT2D eigenvalue weighted by atomic mass is 79.9. The van der Waals surface area contributed by atoms with Gasteiger partial charge in [-0.15, -0.1) is 0 Å². The van der Waals surface area contributed by atoms with Gasteiger partial charge in [0.15, 0.2) is 4.90 Å². The van der Waals surface area contributed by atoms with E-state index in [9.17, 15) is 21.6 Å². The van der Waals surface area contributed by atoms with E-state index in [4.69, 9.17) is 0 Å². The van der Waals surface area contributed by atoms with Crippen molar-refractivity contribution in [3.8, 4) is 0 Å². The maximum atomic E-state index is 13.4. The Bertz CT molecular complexity index is 537. The molecule has 0 aliphatic heterocycles. The molecule has 3 nitrogen and oxygen atoms in total. The Balaban J connectivity index is 3.30. The second-order valence-electron chi connectivity index (χ2n) is 4.32. The summed E-state index contributed by atoms with van der Waals surface area (Å²) < 4.78 is 65.2. The van der Waals surface area contributed by atoms with Crippen molar-refractivity contribution in [3.63, 3.8) is 0 Å². The fourth-order valence-electron chi connectivity index (χ4n) is 1.23. The van der Waals surface area contributed by atoms with E-state index in [-0.39, 0.29) is 5.33 Å². The molecule has 0 aliphatic rings. The molecule has 1 N–H and O–H groups in total. The first-order chi connectivity index (χ1) is 8.09. The zero-order chi connectivity index (χ0) is 14.1. The highest BCUT2D eigenvalue weighted by Gasteiger charge is 2.30. The van der Waals surface area contributed by atoms with Crippen LogP contribution in [0.15, 0.2) is 17.0 Å². The van der Waals surface area contributed by atoms with E-state index in [1.165, 1.54) is 13.8 Å². The second kappa shape index (κ2) is 5.18. The van der Waals surface area contributed by atoms with Crippen LogP contribution in [-0.4, -0.2) is 19.3 Å². The summed E-state index contributed by atoms with van der Waals surface area (Å²) in [6, 6.07) is 0.636. The van der Waals surface area contributed by atoms with Crippen LogP contribution in [0.2, 0.25) is 0 Å². The van der Waals surface area contributed by atoms with Crippen LogP contribution in [0, 0.1) is 17.5 Å². The summed E-state index contributed by atoms with van der Waals surface area (Å²) in [5.74, 6) is -4.11. The van der Waals surface area contributed by atoms with Crippen LogP contribution in [0.4, 0.5) is 13.2 Å². The first-order valence-corrected chi connectivity index (χ1v) is 7.44. The van der Waals surface area contributed by atoms with Crippen molar-refractivity contribution in [3.05, 3.63) is 29.6 Å². The maximum Gasteiger partial charge on any atom is 0.246 e. The van der Waals surface area contributed by atoms with E-state index in [1.807, 2.05) is 0 Å². The number of benzene rings is 1. The zero-order valence-corrected chi connectivity index (χ0v) is 12.0. The molecule has 0 heterocycles. The van der Waals surface area contributed by atoms with E-state index < -0.39 is 37.9 Å². The van der Waals surface area contributed by atoms with Gasteiger partial charge in [0, 0.05) is 23.0 Å². The Morgan fingerprint density at radius 2 is 1.67 bits per heavy atom. The van der Waals surface area contributed by atoms with Crippen LogP contribution >= 0.6 is 15.9 Å². The number of hydrogen-bond donors (Lipinski definition) is 1. The quantitative estimate of drug-likeness (QED) is 0.852. The molecule has 1 aromatic carbocycles. The van der Waals surface area contributed by atoms with E-state index in [2.05, 4.69) is 20.7 Å². The molecular weight excluding hydrogens is 335 g/mol. The van der Waals surface area contributed by atoms with Gasteiger partial charge in [-0.05, 0) is 13.8 Å². The lowest BCUT2D eigenvalue weighted by atomic mass is 10.1. The van der Waals surface area contributed by atoms with Gasteiger partial charge in [-0.3, -0.25) is 0 Å². The molecule has 0 bridgehead atoms. The van der Waals surface area contributed by atoms with Gasteiger partial charge in [-0.2, -0.15) is 0 Å². The van der Waals surface area contributed by atoms with Crippen LogP contribution in [0.5, 0.6) is 0 Å². The third-order valence-electron chi connectivity index (χ3n) is 1.98. The lowest BCUT2D eigenvalue weighted by Gasteiger charge is -2.23. The Morgan fingerprint density at radius 1 is 1.22 bits per heavy atom. The summed E-state index contributed by atoms with van der Waals surface area (Å²) in [7, 11) is -4.40. The number of rotatable bonds is 4. The molecule has 0 amide bonds. The summed E-state index contributed by atoms with van der Waals surface area (Å²) in [6.45, 7) is 3.05. The van der Waals surface area contributed by atoms with Gasteiger partial charge in [0.25, 0.3) is 0 Å². The largest absolute Gasteiger partial charge is 0.246 e. The van der Waals surface area contributed by atoms with Crippen LogP contribution in [0.25, 0.3) is 0 Å². The normalized spacial score (nSPS) is 12.8. The standard InChI is InChI=1S/C10H11BrF3NO2S/c1-10(2,5-11)15-18(16,17)9-7(13)3-6(12)4-8(9)14/h3-4,15H,5H2,1-2H3. The number of halogens is 4. The third-order valence-corrected chi connectivity index (χ3v) is 5.13. The first kappa shape index (κ1) is 15.5. The van der Waals surface area contributed by atoms with Gasteiger partial charge in [0.2, 0.25) is 10.0 Å². The zero-order valence-electron chi connectivity index (χ0n) is 9.60. The van der Waals surface area contributed by atoms with Crippen molar-refractivity contribution >= 4 is 26.0 Å². The highest BCUT2D eigenvalue weighted by molar-refractivity contribution is 9.09. The van der Waals surface area contributed by atoms with Gasteiger partial charge >= 0.3 is 0 Å². The monoisotopic (exact) mass is 345 g/mol. The molecule has 8 heteroatoms. The summed E-state index contributed by atoms with van der Waals surface area (Å²) in [5, 5.41) is 0.240. The Hall–Kier alpha value is -0.600. The van der Waals surface area contributed by atoms with Crippen LogP contribution in [-0.2, 0) is 10.0 Å². The van der Waals surface area contributed by atoms with E-state index in [0.29, 0.717) is 12.1 Å². The predicted molar refractivity (Wildman–Crippen MR) is 64.5 cm³/mol. The summed E-state index contributed by atoms with van der Waals surface area (Å²) in [4.78, 5) is -1.18.